The molecule has 35 heavy (non-hydrogen) atoms. The van der Waals surface area contributed by atoms with Crippen LogP contribution in [0.4, 0.5) is 11.4 Å². The van der Waals surface area contributed by atoms with Crippen LogP contribution in [0.15, 0.2) is 60.7 Å². The molecule has 2 heterocycles. The van der Waals surface area contributed by atoms with Crippen molar-refractivity contribution < 1.29 is 14.3 Å². The van der Waals surface area contributed by atoms with Gasteiger partial charge in [0.15, 0.2) is 11.5 Å². The maximum Gasteiger partial charge on any atom is 0.254 e. The van der Waals surface area contributed by atoms with Crippen molar-refractivity contribution in [3.8, 4) is 22.6 Å². The summed E-state index contributed by atoms with van der Waals surface area (Å²) in [6, 6.07) is 19.9. The van der Waals surface area contributed by atoms with Gasteiger partial charge in [-0.05, 0) is 78.9 Å². The third-order valence-corrected chi connectivity index (χ3v) is 6.65. The highest BCUT2D eigenvalue weighted by Gasteiger charge is 2.21. The molecule has 3 aromatic rings. The highest BCUT2D eigenvalue weighted by molar-refractivity contribution is 5.95. The second kappa shape index (κ2) is 10.3. The van der Waals surface area contributed by atoms with Gasteiger partial charge in [-0.3, -0.25) is 4.79 Å². The van der Waals surface area contributed by atoms with Crippen LogP contribution in [0, 0.1) is 0 Å². The first-order valence-electron chi connectivity index (χ1n) is 12.2. The minimum absolute atomic E-state index is 0.0543. The van der Waals surface area contributed by atoms with Gasteiger partial charge in [0.1, 0.15) is 0 Å². The number of benzene rings is 3. The number of fused-ring (bicyclic) bond motifs is 1. The molecule has 0 aromatic heterocycles. The Morgan fingerprint density at radius 2 is 1.74 bits per heavy atom. The molecule has 0 unspecified atom stereocenters. The summed E-state index contributed by atoms with van der Waals surface area (Å²) >= 11 is 0. The normalized spacial score (nSPS) is 14.4. The number of rotatable bonds is 8. The molecule has 0 radical (unpaired) electrons. The molecule has 0 spiro atoms. The predicted molar refractivity (Wildman–Crippen MR) is 139 cm³/mol. The zero-order valence-corrected chi connectivity index (χ0v) is 19.9. The molecule has 1 fully saturated rings. The van der Waals surface area contributed by atoms with E-state index in [0.717, 1.165) is 47.6 Å². The maximum atomic E-state index is 13.4. The van der Waals surface area contributed by atoms with E-state index in [9.17, 15) is 4.79 Å². The number of nitrogens with zero attached hydrogens (tertiary/aromatic N) is 2. The lowest BCUT2D eigenvalue weighted by atomic mass is 10.0. The Morgan fingerprint density at radius 1 is 0.943 bits per heavy atom. The third-order valence-electron chi connectivity index (χ3n) is 6.65. The molecule has 0 bridgehead atoms. The average Bonchev–Trinajstić information content (AvgIpc) is 3.58. The van der Waals surface area contributed by atoms with E-state index >= 15 is 0 Å². The lowest BCUT2D eigenvalue weighted by molar-refractivity contribution is 0.0742. The van der Waals surface area contributed by atoms with E-state index in [1.54, 1.807) is 18.2 Å². The molecule has 3 aromatic carbocycles. The molecule has 1 saturated heterocycles. The summed E-state index contributed by atoms with van der Waals surface area (Å²) in [6.07, 6.45) is 3.16. The van der Waals surface area contributed by atoms with Crippen LogP contribution < -0.4 is 25.8 Å². The van der Waals surface area contributed by atoms with Gasteiger partial charge in [-0.15, -0.1) is 0 Å². The monoisotopic (exact) mass is 472 g/mol. The minimum Gasteiger partial charge on any atom is -0.454 e. The zero-order valence-electron chi connectivity index (χ0n) is 19.9. The molecular formula is C28H32N4O3. The number of ether oxygens (including phenoxy) is 2. The van der Waals surface area contributed by atoms with Crippen LogP contribution in [0.2, 0.25) is 0 Å². The third kappa shape index (κ3) is 5.05. The maximum absolute atomic E-state index is 13.4. The van der Waals surface area contributed by atoms with Crippen LogP contribution in [-0.2, 0) is 6.54 Å². The Kier molecular flexibility index (Phi) is 6.77. The predicted octanol–water partition coefficient (Wildman–Crippen LogP) is 4.26. The van der Waals surface area contributed by atoms with E-state index in [1.165, 1.54) is 12.8 Å². The number of carbonyl (C=O) groups excluding carboxylic acids is 1. The van der Waals surface area contributed by atoms with Crippen LogP contribution in [0.5, 0.6) is 11.5 Å². The van der Waals surface area contributed by atoms with Gasteiger partial charge in [0.25, 0.3) is 5.91 Å². The highest BCUT2D eigenvalue weighted by Crippen LogP contribution is 2.34. The quantitative estimate of drug-likeness (QED) is 0.476. The minimum atomic E-state index is -0.0543. The summed E-state index contributed by atoms with van der Waals surface area (Å²) in [7, 11) is 0. The lowest BCUT2D eigenvalue weighted by Crippen LogP contribution is -2.32. The van der Waals surface area contributed by atoms with Gasteiger partial charge in [0.05, 0.1) is 11.4 Å². The number of hydrogen-bond donors (Lipinski definition) is 2. The summed E-state index contributed by atoms with van der Waals surface area (Å²) < 4.78 is 10.8. The van der Waals surface area contributed by atoms with Crippen LogP contribution in [0.25, 0.3) is 11.1 Å². The molecule has 7 nitrogen and oxygen atoms in total. The highest BCUT2D eigenvalue weighted by atomic mass is 16.7. The van der Waals surface area contributed by atoms with E-state index in [2.05, 4.69) is 35.2 Å². The van der Waals surface area contributed by atoms with Crippen LogP contribution >= 0.6 is 0 Å². The van der Waals surface area contributed by atoms with Gasteiger partial charge >= 0.3 is 0 Å². The van der Waals surface area contributed by atoms with Gasteiger partial charge < -0.3 is 30.7 Å². The molecule has 5 rings (SSSR count). The Hall–Kier alpha value is -3.71. The van der Waals surface area contributed by atoms with Gasteiger partial charge in [-0.1, -0.05) is 24.3 Å². The Bertz CT molecular complexity index is 1210. The number of anilines is 2. The van der Waals surface area contributed by atoms with E-state index < -0.39 is 0 Å². The second-order valence-corrected chi connectivity index (χ2v) is 9.11. The standard InChI is InChI=1S/C28H32N4O3/c29-11-4-14-32(28(33)23-8-10-26-27(17-23)35-19-34-26)18-20-5-3-6-21(15-20)22-7-9-25(24(30)16-22)31-12-1-2-13-31/h3,5-10,15-17H,1-2,4,11-14,18-19,29-30H2. The van der Waals surface area contributed by atoms with E-state index in [4.69, 9.17) is 20.9 Å². The molecule has 7 heteroatoms. The smallest absolute Gasteiger partial charge is 0.254 e. The number of nitrogens with two attached hydrogens (primary N) is 2. The molecule has 2 aliphatic heterocycles. The van der Waals surface area contributed by atoms with Gasteiger partial charge in [-0.25, -0.2) is 0 Å². The zero-order chi connectivity index (χ0) is 24.2. The van der Waals surface area contributed by atoms with Gasteiger partial charge in [0, 0.05) is 31.7 Å². The lowest BCUT2D eigenvalue weighted by Gasteiger charge is -2.23. The first kappa shape index (κ1) is 23.1. The summed E-state index contributed by atoms with van der Waals surface area (Å²) in [6.45, 7) is 3.89. The molecule has 1 amide bonds. The fourth-order valence-electron chi connectivity index (χ4n) is 4.80. The van der Waals surface area contributed by atoms with Crippen molar-refractivity contribution in [3.05, 3.63) is 71.8 Å². The van der Waals surface area contributed by atoms with Crippen molar-refractivity contribution in [2.24, 2.45) is 5.73 Å². The van der Waals surface area contributed by atoms with E-state index in [-0.39, 0.29) is 12.7 Å². The molecule has 182 valence electrons. The van der Waals surface area contributed by atoms with Crippen molar-refractivity contribution in [1.82, 2.24) is 4.90 Å². The van der Waals surface area contributed by atoms with Crippen molar-refractivity contribution in [2.45, 2.75) is 25.8 Å². The summed E-state index contributed by atoms with van der Waals surface area (Å²) in [4.78, 5) is 17.6. The molecule has 0 atom stereocenters. The summed E-state index contributed by atoms with van der Waals surface area (Å²) in [5.41, 5.74) is 17.9. The Morgan fingerprint density at radius 3 is 2.54 bits per heavy atom. The number of amides is 1. The fraction of sp³-hybridized carbons (Fsp3) is 0.321. The second-order valence-electron chi connectivity index (χ2n) is 9.11. The Balaban J connectivity index is 1.36. The van der Waals surface area contributed by atoms with E-state index in [0.29, 0.717) is 36.7 Å². The van der Waals surface area contributed by atoms with Gasteiger partial charge in [-0.2, -0.15) is 0 Å². The first-order valence-corrected chi connectivity index (χ1v) is 12.2. The Labute approximate surface area is 206 Å². The fourth-order valence-corrected chi connectivity index (χ4v) is 4.80. The number of carbonyl (C=O) groups is 1. The van der Waals surface area contributed by atoms with Gasteiger partial charge in [0.2, 0.25) is 6.79 Å². The van der Waals surface area contributed by atoms with E-state index in [1.807, 2.05) is 17.0 Å². The number of nitrogen functional groups attached to an aromatic ring is 1. The van der Waals surface area contributed by atoms with Crippen LogP contribution in [0.1, 0.15) is 35.2 Å². The molecular weight excluding hydrogens is 440 g/mol. The SMILES string of the molecule is NCCCN(Cc1cccc(-c2ccc(N3CCCC3)c(N)c2)c1)C(=O)c1ccc2c(c1)OCO2. The average molecular weight is 473 g/mol. The summed E-state index contributed by atoms with van der Waals surface area (Å²) in [5, 5.41) is 0. The topological polar surface area (TPSA) is 94.1 Å². The van der Waals surface area contributed by atoms with Crippen molar-refractivity contribution in [1.29, 1.82) is 0 Å². The molecule has 0 saturated carbocycles. The molecule has 4 N–H and O–H groups in total. The molecule has 0 aliphatic carbocycles. The molecule has 2 aliphatic rings. The summed E-state index contributed by atoms with van der Waals surface area (Å²) in [5.74, 6) is 1.21. The van der Waals surface area contributed by atoms with Crippen molar-refractivity contribution in [3.63, 3.8) is 0 Å². The van der Waals surface area contributed by atoms with Crippen molar-refractivity contribution in [2.75, 3.05) is 43.6 Å². The largest absolute Gasteiger partial charge is 0.454 e. The van der Waals surface area contributed by atoms with Crippen LogP contribution in [0.3, 0.4) is 0 Å². The first-order chi connectivity index (χ1) is 17.1. The van der Waals surface area contributed by atoms with Crippen molar-refractivity contribution >= 4 is 17.3 Å². The number of hydrogen-bond acceptors (Lipinski definition) is 6. The van der Waals surface area contributed by atoms with Crippen LogP contribution in [-0.4, -0.2) is 43.8 Å².